The van der Waals surface area contributed by atoms with E-state index in [1.54, 1.807) is 19.1 Å². The van der Waals surface area contributed by atoms with E-state index in [4.69, 9.17) is 0 Å². The fraction of sp³-hybridized carbons (Fsp3) is 0.571. The van der Waals surface area contributed by atoms with Crippen molar-refractivity contribution in [3.8, 4) is 0 Å². The van der Waals surface area contributed by atoms with Gasteiger partial charge in [0, 0.05) is 42.3 Å². The van der Waals surface area contributed by atoms with Crippen LogP contribution in [-0.4, -0.2) is 37.8 Å². The van der Waals surface area contributed by atoms with Crippen molar-refractivity contribution in [2.75, 3.05) is 32.9 Å². The van der Waals surface area contributed by atoms with Crippen molar-refractivity contribution in [1.29, 1.82) is 0 Å². The van der Waals surface area contributed by atoms with Crippen LogP contribution in [0.5, 0.6) is 0 Å². The second-order valence-electron chi connectivity index (χ2n) is 4.91. The van der Waals surface area contributed by atoms with Gasteiger partial charge >= 0.3 is 0 Å². The summed E-state index contributed by atoms with van der Waals surface area (Å²) in [4.78, 5) is 2.17. The zero-order valence-corrected chi connectivity index (χ0v) is 13.9. The van der Waals surface area contributed by atoms with Gasteiger partial charge in [-0.2, -0.15) is 0 Å². The average Bonchev–Trinajstić information content (AvgIpc) is 2.41. The van der Waals surface area contributed by atoms with Crippen LogP contribution in [0.25, 0.3) is 0 Å². The summed E-state index contributed by atoms with van der Waals surface area (Å²) in [6.45, 7) is 4.72. The van der Waals surface area contributed by atoms with E-state index in [1.807, 2.05) is 0 Å². The summed E-state index contributed by atoms with van der Waals surface area (Å²) in [5.41, 5.74) is 1.20. The summed E-state index contributed by atoms with van der Waals surface area (Å²) in [6.07, 6.45) is 0.340. The normalized spacial score (nSPS) is 17.6. The molecule has 1 heterocycles. The monoisotopic (exact) mass is 368 g/mol. The largest absolute Gasteiger partial charge is 0.314 e. The SMILES string of the molecule is Cc1cc(Br)cc([C@H](CCF)N2CCNCC2)c1F.Cl. The molecule has 20 heavy (non-hydrogen) atoms. The molecule has 1 aliphatic heterocycles. The summed E-state index contributed by atoms with van der Waals surface area (Å²) in [5, 5.41) is 3.26. The maximum Gasteiger partial charge on any atom is 0.130 e. The van der Waals surface area contributed by atoms with Gasteiger partial charge < -0.3 is 5.32 Å². The van der Waals surface area contributed by atoms with Crippen LogP contribution in [0.4, 0.5) is 8.78 Å². The summed E-state index contributed by atoms with van der Waals surface area (Å²) in [7, 11) is 0. The first kappa shape index (κ1) is 17.8. The molecule has 1 saturated heterocycles. The van der Waals surface area contributed by atoms with E-state index in [9.17, 15) is 8.78 Å². The van der Waals surface area contributed by atoms with Crippen LogP contribution in [0.15, 0.2) is 16.6 Å². The highest BCUT2D eigenvalue weighted by Crippen LogP contribution is 2.31. The number of hydrogen-bond donors (Lipinski definition) is 1. The van der Waals surface area contributed by atoms with Crippen LogP contribution in [0.1, 0.15) is 23.6 Å². The number of aryl methyl sites for hydroxylation is 1. The molecule has 2 rings (SSSR count). The number of alkyl halides is 1. The van der Waals surface area contributed by atoms with Crippen LogP contribution in [0, 0.1) is 12.7 Å². The average molecular weight is 370 g/mol. The fourth-order valence-electron chi connectivity index (χ4n) is 2.63. The van der Waals surface area contributed by atoms with Gasteiger partial charge in [0.05, 0.1) is 6.67 Å². The van der Waals surface area contributed by atoms with Gasteiger partial charge in [0.25, 0.3) is 0 Å². The van der Waals surface area contributed by atoms with Gasteiger partial charge in [-0.3, -0.25) is 9.29 Å². The van der Waals surface area contributed by atoms with Gasteiger partial charge in [-0.1, -0.05) is 15.9 Å². The van der Waals surface area contributed by atoms with E-state index >= 15 is 0 Å². The molecule has 6 heteroatoms. The topological polar surface area (TPSA) is 15.3 Å². The van der Waals surface area contributed by atoms with Gasteiger partial charge in [0.2, 0.25) is 0 Å². The zero-order valence-electron chi connectivity index (χ0n) is 11.5. The van der Waals surface area contributed by atoms with Gasteiger partial charge in [-0.15, -0.1) is 12.4 Å². The number of benzene rings is 1. The summed E-state index contributed by atoms with van der Waals surface area (Å²) < 4.78 is 28.0. The summed E-state index contributed by atoms with van der Waals surface area (Å²) in [5.74, 6) is -0.208. The standard InChI is InChI=1S/C14H19BrF2N2.ClH/c1-10-8-11(15)9-12(14(10)17)13(2-3-16)19-6-4-18-5-7-19;/h8-9,13,18H,2-7H2,1H3;1H/t13-;/m0./s1. The molecule has 0 saturated carbocycles. The third-order valence-electron chi connectivity index (χ3n) is 3.58. The van der Waals surface area contributed by atoms with Crippen LogP contribution in [0.2, 0.25) is 0 Å². The molecule has 1 aromatic carbocycles. The number of nitrogens with one attached hydrogen (secondary N) is 1. The van der Waals surface area contributed by atoms with Gasteiger partial charge in [0.1, 0.15) is 5.82 Å². The maximum atomic E-state index is 14.3. The fourth-order valence-corrected chi connectivity index (χ4v) is 3.22. The minimum atomic E-state index is -0.431. The van der Waals surface area contributed by atoms with Crippen LogP contribution in [0.3, 0.4) is 0 Å². The predicted octanol–water partition coefficient (Wildman–Crippen LogP) is 3.62. The van der Waals surface area contributed by atoms with E-state index < -0.39 is 6.67 Å². The van der Waals surface area contributed by atoms with E-state index in [2.05, 4.69) is 26.1 Å². The van der Waals surface area contributed by atoms with E-state index in [0.29, 0.717) is 17.5 Å². The Morgan fingerprint density at radius 2 is 2.00 bits per heavy atom. The molecule has 0 aromatic heterocycles. The number of rotatable bonds is 4. The minimum absolute atomic E-state index is 0. The molecule has 0 radical (unpaired) electrons. The molecule has 0 amide bonds. The molecule has 0 aliphatic carbocycles. The molecule has 2 nitrogen and oxygen atoms in total. The number of halogens is 4. The van der Waals surface area contributed by atoms with E-state index in [1.165, 1.54) is 0 Å². The molecule has 114 valence electrons. The molecule has 1 fully saturated rings. The Balaban J connectivity index is 0.00000200. The van der Waals surface area contributed by atoms with Crippen molar-refractivity contribution < 1.29 is 8.78 Å². The van der Waals surface area contributed by atoms with Crippen molar-refractivity contribution in [3.05, 3.63) is 33.5 Å². The molecule has 0 bridgehead atoms. The first-order chi connectivity index (χ1) is 9.13. The lowest BCUT2D eigenvalue weighted by Gasteiger charge is -2.35. The number of nitrogens with zero attached hydrogens (tertiary/aromatic N) is 1. The predicted molar refractivity (Wildman–Crippen MR) is 83.9 cm³/mol. The molecular formula is C14H20BrClF2N2. The Kier molecular flexibility index (Phi) is 7.37. The van der Waals surface area contributed by atoms with E-state index in [0.717, 1.165) is 30.7 Å². The van der Waals surface area contributed by atoms with Crippen molar-refractivity contribution in [3.63, 3.8) is 0 Å². The van der Waals surface area contributed by atoms with E-state index in [-0.39, 0.29) is 24.3 Å². The first-order valence-electron chi connectivity index (χ1n) is 6.59. The van der Waals surface area contributed by atoms with Crippen LogP contribution < -0.4 is 5.32 Å². The van der Waals surface area contributed by atoms with Crippen molar-refractivity contribution >= 4 is 28.3 Å². The Morgan fingerprint density at radius 1 is 1.35 bits per heavy atom. The van der Waals surface area contributed by atoms with Crippen LogP contribution in [-0.2, 0) is 0 Å². The molecule has 1 atom stereocenters. The van der Waals surface area contributed by atoms with Crippen LogP contribution >= 0.6 is 28.3 Å². The Bertz CT molecular complexity index is 439. The molecule has 0 unspecified atom stereocenters. The smallest absolute Gasteiger partial charge is 0.130 e. The Hall–Kier alpha value is -0.230. The van der Waals surface area contributed by atoms with Gasteiger partial charge in [-0.25, -0.2) is 4.39 Å². The highest BCUT2D eigenvalue weighted by atomic mass is 79.9. The molecule has 1 aromatic rings. The van der Waals surface area contributed by atoms with Gasteiger partial charge in [0.15, 0.2) is 0 Å². The van der Waals surface area contributed by atoms with Crippen molar-refractivity contribution in [2.45, 2.75) is 19.4 Å². The molecule has 0 spiro atoms. The number of hydrogen-bond acceptors (Lipinski definition) is 2. The minimum Gasteiger partial charge on any atom is -0.314 e. The Labute approximate surface area is 133 Å². The lowest BCUT2D eigenvalue weighted by Crippen LogP contribution is -2.45. The zero-order chi connectivity index (χ0) is 13.8. The summed E-state index contributed by atoms with van der Waals surface area (Å²) >= 11 is 3.40. The summed E-state index contributed by atoms with van der Waals surface area (Å²) in [6, 6.07) is 3.36. The van der Waals surface area contributed by atoms with Crippen molar-refractivity contribution in [1.82, 2.24) is 10.2 Å². The Morgan fingerprint density at radius 3 is 2.60 bits per heavy atom. The number of piperazine rings is 1. The quantitative estimate of drug-likeness (QED) is 0.872. The third-order valence-corrected chi connectivity index (χ3v) is 4.04. The first-order valence-corrected chi connectivity index (χ1v) is 7.39. The highest BCUT2D eigenvalue weighted by molar-refractivity contribution is 9.10. The lowest BCUT2D eigenvalue weighted by atomic mass is 9.99. The molecular weight excluding hydrogens is 350 g/mol. The molecule has 1 aliphatic rings. The highest BCUT2D eigenvalue weighted by Gasteiger charge is 2.25. The lowest BCUT2D eigenvalue weighted by molar-refractivity contribution is 0.154. The third kappa shape index (κ3) is 4.13. The second kappa shape index (κ2) is 8.27. The van der Waals surface area contributed by atoms with Gasteiger partial charge in [-0.05, 0) is 31.0 Å². The maximum absolute atomic E-state index is 14.3. The molecule has 1 N–H and O–H groups in total. The van der Waals surface area contributed by atoms with Crippen molar-refractivity contribution in [2.24, 2.45) is 0 Å². The second-order valence-corrected chi connectivity index (χ2v) is 5.82.